The lowest BCUT2D eigenvalue weighted by molar-refractivity contribution is 0.0791. The van der Waals surface area contributed by atoms with Gasteiger partial charge in [0.1, 0.15) is 0 Å². The van der Waals surface area contributed by atoms with Crippen molar-refractivity contribution in [1.29, 1.82) is 0 Å². The standard InChI is InChI=1S/C14H21N3O2/c1-17(10-12-6-4-8-19-12)9-11-5-2-3-7-13(11)14(18)16-15/h2-3,5,7,12H,4,6,8-10,15H2,1H3,(H,16,18). The minimum Gasteiger partial charge on any atom is -0.377 e. The lowest BCUT2D eigenvalue weighted by Gasteiger charge is -2.21. The van der Waals surface area contributed by atoms with Gasteiger partial charge in [-0.3, -0.25) is 15.1 Å². The minimum atomic E-state index is -0.249. The summed E-state index contributed by atoms with van der Waals surface area (Å²) in [5.74, 6) is 4.95. The summed E-state index contributed by atoms with van der Waals surface area (Å²) in [6, 6.07) is 7.52. The third-order valence-corrected chi connectivity index (χ3v) is 3.37. The van der Waals surface area contributed by atoms with Gasteiger partial charge in [0.15, 0.2) is 0 Å². The average molecular weight is 263 g/mol. The summed E-state index contributed by atoms with van der Waals surface area (Å²) in [4.78, 5) is 13.9. The molecule has 1 aliphatic rings. The van der Waals surface area contributed by atoms with E-state index in [1.807, 2.05) is 25.2 Å². The highest BCUT2D eigenvalue weighted by Crippen LogP contribution is 2.15. The van der Waals surface area contributed by atoms with E-state index >= 15 is 0 Å². The predicted molar refractivity (Wildman–Crippen MR) is 73.4 cm³/mol. The van der Waals surface area contributed by atoms with Gasteiger partial charge in [-0.15, -0.1) is 0 Å². The molecule has 1 heterocycles. The van der Waals surface area contributed by atoms with E-state index in [1.165, 1.54) is 0 Å². The summed E-state index contributed by atoms with van der Waals surface area (Å²) in [5, 5.41) is 0. The summed E-state index contributed by atoms with van der Waals surface area (Å²) >= 11 is 0. The topological polar surface area (TPSA) is 67.6 Å². The Morgan fingerprint density at radius 3 is 3.00 bits per heavy atom. The largest absolute Gasteiger partial charge is 0.377 e. The highest BCUT2D eigenvalue weighted by molar-refractivity contribution is 5.95. The number of ether oxygens (including phenoxy) is 1. The van der Waals surface area contributed by atoms with Crippen molar-refractivity contribution in [1.82, 2.24) is 10.3 Å². The number of hydrogen-bond donors (Lipinski definition) is 2. The monoisotopic (exact) mass is 263 g/mol. The maximum absolute atomic E-state index is 11.7. The fourth-order valence-electron chi connectivity index (χ4n) is 2.45. The number of amides is 1. The molecule has 0 saturated carbocycles. The van der Waals surface area contributed by atoms with Gasteiger partial charge in [0.05, 0.1) is 6.10 Å². The van der Waals surface area contributed by atoms with Crippen LogP contribution < -0.4 is 11.3 Å². The number of carbonyl (C=O) groups excluding carboxylic acids is 1. The smallest absolute Gasteiger partial charge is 0.265 e. The number of nitrogens with zero attached hydrogens (tertiary/aromatic N) is 1. The highest BCUT2D eigenvalue weighted by Gasteiger charge is 2.18. The number of carbonyl (C=O) groups is 1. The van der Waals surface area contributed by atoms with Crippen molar-refractivity contribution in [2.24, 2.45) is 5.84 Å². The number of rotatable bonds is 5. The molecular formula is C14H21N3O2. The molecule has 1 saturated heterocycles. The molecule has 1 aliphatic heterocycles. The molecule has 1 fully saturated rings. The number of benzene rings is 1. The van der Waals surface area contributed by atoms with Crippen molar-refractivity contribution in [3.63, 3.8) is 0 Å². The first-order chi connectivity index (χ1) is 9.20. The molecule has 0 aromatic heterocycles. The number of hydrogen-bond acceptors (Lipinski definition) is 4. The summed E-state index contributed by atoms with van der Waals surface area (Å²) in [6.45, 7) is 2.46. The normalized spacial score (nSPS) is 18.8. The maximum atomic E-state index is 11.7. The quantitative estimate of drug-likeness (QED) is 0.470. The van der Waals surface area contributed by atoms with Gasteiger partial charge in [-0.1, -0.05) is 18.2 Å². The molecule has 2 rings (SSSR count). The Morgan fingerprint density at radius 1 is 1.53 bits per heavy atom. The Kier molecular flexibility index (Phi) is 4.90. The van der Waals surface area contributed by atoms with Crippen molar-refractivity contribution in [3.05, 3.63) is 35.4 Å². The van der Waals surface area contributed by atoms with Crippen molar-refractivity contribution >= 4 is 5.91 Å². The van der Waals surface area contributed by atoms with Crippen molar-refractivity contribution in [2.45, 2.75) is 25.5 Å². The molecule has 1 aromatic carbocycles. The van der Waals surface area contributed by atoms with E-state index in [4.69, 9.17) is 10.6 Å². The Hall–Kier alpha value is -1.43. The molecule has 1 aromatic rings. The van der Waals surface area contributed by atoms with E-state index < -0.39 is 0 Å². The fraction of sp³-hybridized carbons (Fsp3) is 0.500. The molecule has 1 amide bonds. The van der Waals surface area contributed by atoms with Crippen LogP contribution in [0.4, 0.5) is 0 Å². The van der Waals surface area contributed by atoms with Gasteiger partial charge in [-0.2, -0.15) is 0 Å². The Labute approximate surface area is 113 Å². The number of nitrogens with one attached hydrogen (secondary N) is 1. The summed E-state index contributed by atoms with van der Waals surface area (Å²) < 4.78 is 5.62. The van der Waals surface area contributed by atoms with E-state index in [-0.39, 0.29) is 5.91 Å². The second kappa shape index (κ2) is 6.65. The van der Waals surface area contributed by atoms with Gasteiger partial charge >= 0.3 is 0 Å². The number of hydrazine groups is 1. The van der Waals surface area contributed by atoms with Crippen LogP contribution in [0.5, 0.6) is 0 Å². The third kappa shape index (κ3) is 3.76. The molecule has 3 N–H and O–H groups in total. The molecule has 5 nitrogen and oxygen atoms in total. The Bertz CT molecular complexity index is 430. The van der Waals surface area contributed by atoms with E-state index in [1.54, 1.807) is 6.07 Å². The van der Waals surface area contributed by atoms with E-state index in [0.29, 0.717) is 18.2 Å². The second-order valence-corrected chi connectivity index (χ2v) is 4.96. The first-order valence-electron chi connectivity index (χ1n) is 6.59. The highest BCUT2D eigenvalue weighted by atomic mass is 16.5. The van der Waals surface area contributed by atoms with Gasteiger partial charge in [0.2, 0.25) is 0 Å². The molecule has 0 aliphatic carbocycles. The second-order valence-electron chi connectivity index (χ2n) is 4.96. The van der Waals surface area contributed by atoms with Gasteiger partial charge < -0.3 is 4.74 Å². The van der Waals surface area contributed by atoms with E-state index in [0.717, 1.165) is 31.6 Å². The molecule has 5 heteroatoms. The van der Waals surface area contributed by atoms with Gasteiger partial charge in [0, 0.05) is 25.3 Å². The number of likely N-dealkylation sites (N-methyl/N-ethyl adjacent to an activating group) is 1. The Morgan fingerprint density at radius 2 is 2.32 bits per heavy atom. The van der Waals surface area contributed by atoms with Crippen molar-refractivity contribution in [3.8, 4) is 0 Å². The number of nitrogens with two attached hydrogens (primary N) is 1. The molecule has 1 unspecified atom stereocenters. The van der Waals surface area contributed by atoms with Crippen LogP contribution in [0.2, 0.25) is 0 Å². The van der Waals surface area contributed by atoms with Crippen LogP contribution in [0.1, 0.15) is 28.8 Å². The van der Waals surface area contributed by atoms with Crippen LogP contribution in [0.25, 0.3) is 0 Å². The summed E-state index contributed by atoms with van der Waals surface area (Å²) in [7, 11) is 2.04. The molecule has 1 atom stereocenters. The van der Waals surface area contributed by atoms with Crippen molar-refractivity contribution < 1.29 is 9.53 Å². The lowest BCUT2D eigenvalue weighted by Crippen LogP contribution is -2.32. The van der Waals surface area contributed by atoms with Gasteiger partial charge in [0.25, 0.3) is 5.91 Å². The predicted octanol–water partition coefficient (Wildman–Crippen LogP) is 0.901. The van der Waals surface area contributed by atoms with Crippen LogP contribution >= 0.6 is 0 Å². The lowest BCUT2D eigenvalue weighted by atomic mass is 10.1. The van der Waals surface area contributed by atoms with E-state index in [2.05, 4.69) is 10.3 Å². The first-order valence-corrected chi connectivity index (χ1v) is 6.59. The van der Waals surface area contributed by atoms with Gasteiger partial charge in [-0.05, 0) is 31.5 Å². The van der Waals surface area contributed by atoms with E-state index in [9.17, 15) is 4.79 Å². The molecule has 0 bridgehead atoms. The number of nitrogen functional groups attached to an aromatic ring is 1. The molecule has 104 valence electrons. The maximum Gasteiger partial charge on any atom is 0.265 e. The van der Waals surface area contributed by atoms with Crippen LogP contribution in [0.15, 0.2) is 24.3 Å². The van der Waals surface area contributed by atoms with Gasteiger partial charge in [-0.25, -0.2) is 5.84 Å². The Balaban J connectivity index is 1.99. The summed E-state index contributed by atoms with van der Waals surface area (Å²) in [6.07, 6.45) is 2.58. The van der Waals surface area contributed by atoms with Crippen LogP contribution in [0, 0.1) is 0 Å². The van der Waals surface area contributed by atoms with Crippen LogP contribution in [-0.2, 0) is 11.3 Å². The van der Waals surface area contributed by atoms with Crippen LogP contribution in [0.3, 0.4) is 0 Å². The van der Waals surface area contributed by atoms with Crippen LogP contribution in [-0.4, -0.2) is 37.1 Å². The first kappa shape index (κ1) is 14.0. The fourth-order valence-corrected chi connectivity index (χ4v) is 2.45. The summed E-state index contributed by atoms with van der Waals surface area (Å²) in [5.41, 5.74) is 3.79. The zero-order valence-electron chi connectivity index (χ0n) is 11.3. The zero-order valence-corrected chi connectivity index (χ0v) is 11.3. The average Bonchev–Trinajstić information content (AvgIpc) is 2.91. The molecule has 0 radical (unpaired) electrons. The molecular weight excluding hydrogens is 242 g/mol. The third-order valence-electron chi connectivity index (χ3n) is 3.37. The SMILES string of the molecule is CN(Cc1ccccc1C(=O)NN)CC1CCCO1. The molecule has 0 spiro atoms. The minimum absolute atomic E-state index is 0.249. The van der Waals surface area contributed by atoms with Crippen molar-refractivity contribution in [2.75, 3.05) is 20.2 Å². The zero-order chi connectivity index (χ0) is 13.7. The molecule has 19 heavy (non-hydrogen) atoms.